The second-order valence-corrected chi connectivity index (χ2v) is 5.34. The van der Waals surface area contributed by atoms with Crippen molar-refractivity contribution in [1.82, 2.24) is 10.6 Å². The lowest BCUT2D eigenvalue weighted by atomic mass is 9.77. The van der Waals surface area contributed by atoms with Crippen LogP contribution in [0, 0.1) is 0 Å². The first-order valence-electron chi connectivity index (χ1n) is 6.52. The predicted octanol–water partition coefficient (Wildman–Crippen LogP) is 0.596. The van der Waals surface area contributed by atoms with Crippen LogP contribution in [0.2, 0.25) is 0 Å². The maximum Gasteiger partial charge on any atom is 0.329 e. The molecule has 6 nitrogen and oxygen atoms in total. The third-order valence-corrected chi connectivity index (χ3v) is 4.00. The summed E-state index contributed by atoms with van der Waals surface area (Å²) in [5.41, 5.74) is -1.06. The number of carbonyl (C=O) groups is 2. The van der Waals surface area contributed by atoms with Crippen molar-refractivity contribution in [3.05, 3.63) is 0 Å². The topological polar surface area (TPSA) is 98.7 Å². The molecule has 2 aliphatic rings. The zero-order valence-electron chi connectivity index (χ0n) is 10.3. The lowest BCUT2D eigenvalue weighted by molar-refractivity contribution is -0.148. The van der Waals surface area contributed by atoms with Crippen LogP contribution in [0.3, 0.4) is 0 Å². The summed E-state index contributed by atoms with van der Waals surface area (Å²) in [6, 6.07) is -0.363. The largest absolute Gasteiger partial charge is 0.480 e. The number of hydrogen-bond acceptors (Lipinski definition) is 3. The minimum atomic E-state index is -1.06. The van der Waals surface area contributed by atoms with Gasteiger partial charge in [-0.05, 0) is 44.9 Å². The van der Waals surface area contributed by atoms with Crippen LogP contribution in [0.4, 0.5) is 4.79 Å². The Kier molecular flexibility index (Phi) is 3.75. The van der Waals surface area contributed by atoms with Gasteiger partial charge in [-0.3, -0.25) is 0 Å². The van der Waals surface area contributed by atoms with Gasteiger partial charge in [0.15, 0.2) is 0 Å². The van der Waals surface area contributed by atoms with Gasteiger partial charge in [-0.1, -0.05) is 0 Å². The first-order chi connectivity index (χ1) is 8.52. The average molecular weight is 256 g/mol. The molecular weight excluding hydrogens is 236 g/mol. The molecule has 2 rings (SSSR count). The summed E-state index contributed by atoms with van der Waals surface area (Å²) in [7, 11) is 0. The first-order valence-corrected chi connectivity index (χ1v) is 6.52. The minimum absolute atomic E-state index is 0.0410. The van der Waals surface area contributed by atoms with Crippen LogP contribution < -0.4 is 10.6 Å². The fourth-order valence-corrected chi connectivity index (χ4v) is 2.58. The quantitative estimate of drug-likeness (QED) is 0.594. The lowest BCUT2D eigenvalue weighted by Crippen LogP contribution is -2.62. The molecule has 102 valence electrons. The van der Waals surface area contributed by atoms with Crippen LogP contribution in [0.25, 0.3) is 0 Å². The predicted molar refractivity (Wildman–Crippen MR) is 64.1 cm³/mol. The molecule has 2 fully saturated rings. The van der Waals surface area contributed by atoms with Crippen molar-refractivity contribution in [3.63, 3.8) is 0 Å². The standard InChI is InChI=1S/C12H20N2O4/c15-9-4-2-8(3-5-9)13-11(18)14-12(10(16)17)6-1-7-12/h8-9,15H,1-7H2,(H,16,17)(H2,13,14,18). The molecule has 0 heterocycles. The smallest absolute Gasteiger partial charge is 0.329 e. The van der Waals surface area contributed by atoms with Crippen LogP contribution in [0.1, 0.15) is 44.9 Å². The molecule has 0 aliphatic heterocycles. The molecule has 0 aromatic heterocycles. The van der Waals surface area contributed by atoms with E-state index in [0.29, 0.717) is 25.7 Å². The number of amides is 2. The number of aliphatic carboxylic acids is 1. The van der Waals surface area contributed by atoms with Gasteiger partial charge in [-0.15, -0.1) is 0 Å². The molecule has 2 aliphatic carbocycles. The Morgan fingerprint density at radius 1 is 1.11 bits per heavy atom. The van der Waals surface area contributed by atoms with Gasteiger partial charge in [0.1, 0.15) is 5.54 Å². The van der Waals surface area contributed by atoms with Crippen molar-refractivity contribution in [1.29, 1.82) is 0 Å². The highest BCUT2D eigenvalue weighted by Crippen LogP contribution is 2.32. The highest BCUT2D eigenvalue weighted by atomic mass is 16.4. The number of carbonyl (C=O) groups excluding carboxylic acids is 1. The normalized spacial score (nSPS) is 30.1. The van der Waals surface area contributed by atoms with Crippen molar-refractivity contribution in [2.24, 2.45) is 0 Å². The van der Waals surface area contributed by atoms with Crippen molar-refractivity contribution in [3.8, 4) is 0 Å². The number of carboxylic acids is 1. The van der Waals surface area contributed by atoms with Crippen molar-refractivity contribution < 1.29 is 19.8 Å². The lowest BCUT2D eigenvalue weighted by Gasteiger charge is -2.38. The molecule has 0 atom stereocenters. The number of carboxylic acid groups (broad SMARTS) is 1. The van der Waals surface area contributed by atoms with E-state index in [1.165, 1.54) is 0 Å². The molecule has 2 saturated carbocycles. The second-order valence-electron chi connectivity index (χ2n) is 5.34. The van der Waals surface area contributed by atoms with Gasteiger partial charge in [-0.2, -0.15) is 0 Å². The van der Waals surface area contributed by atoms with E-state index in [0.717, 1.165) is 19.3 Å². The average Bonchev–Trinajstić information content (AvgIpc) is 2.26. The number of hydrogen-bond donors (Lipinski definition) is 4. The van der Waals surface area contributed by atoms with Gasteiger partial charge in [0.05, 0.1) is 6.10 Å². The fraction of sp³-hybridized carbons (Fsp3) is 0.833. The zero-order valence-corrected chi connectivity index (χ0v) is 10.3. The summed E-state index contributed by atoms with van der Waals surface area (Å²) in [5, 5.41) is 23.8. The summed E-state index contributed by atoms with van der Waals surface area (Å²) in [6.07, 6.45) is 4.44. The van der Waals surface area contributed by atoms with Gasteiger partial charge in [-0.25, -0.2) is 9.59 Å². The molecule has 2 amide bonds. The Balaban J connectivity index is 1.80. The van der Waals surface area contributed by atoms with E-state index >= 15 is 0 Å². The number of aliphatic hydroxyl groups excluding tert-OH is 1. The Morgan fingerprint density at radius 2 is 1.72 bits per heavy atom. The third kappa shape index (κ3) is 2.75. The fourth-order valence-electron chi connectivity index (χ4n) is 2.58. The summed E-state index contributed by atoms with van der Waals surface area (Å²) in [4.78, 5) is 22.9. The summed E-state index contributed by atoms with van der Waals surface area (Å²) in [5.74, 6) is -0.956. The number of rotatable bonds is 3. The Bertz CT molecular complexity index is 333. The van der Waals surface area contributed by atoms with Crippen LogP contribution in [0.15, 0.2) is 0 Å². The van der Waals surface area contributed by atoms with Crippen LogP contribution in [-0.2, 0) is 4.79 Å². The molecule has 0 aromatic rings. The number of nitrogens with one attached hydrogen (secondary N) is 2. The third-order valence-electron chi connectivity index (χ3n) is 4.00. The molecule has 0 unspecified atom stereocenters. The molecule has 18 heavy (non-hydrogen) atoms. The summed E-state index contributed by atoms with van der Waals surface area (Å²) >= 11 is 0. The highest BCUT2D eigenvalue weighted by Gasteiger charge is 2.45. The molecule has 0 spiro atoms. The first kappa shape index (κ1) is 13.1. The molecule has 4 N–H and O–H groups in total. The monoisotopic (exact) mass is 256 g/mol. The van der Waals surface area contributed by atoms with E-state index in [1.54, 1.807) is 0 Å². The van der Waals surface area contributed by atoms with Gasteiger partial charge < -0.3 is 20.8 Å². The van der Waals surface area contributed by atoms with E-state index in [2.05, 4.69) is 10.6 Å². The Hall–Kier alpha value is -1.30. The summed E-state index contributed by atoms with van der Waals surface area (Å²) < 4.78 is 0. The van der Waals surface area contributed by atoms with Gasteiger partial charge in [0, 0.05) is 6.04 Å². The van der Waals surface area contributed by atoms with E-state index in [1.807, 2.05) is 0 Å². The van der Waals surface area contributed by atoms with Gasteiger partial charge in [0.2, 0.25) is 0 Å². The molecule has 0 radical (unpaired) electrons. The molecule has 0 aromatic carbocycles. The highest BCUT2D eigenvalue weighted by molar-refractivity contribution is 5.87. The summed E-state index contributed by atoms with van der Waals surface area (Å²) in [6.45, 7) is 0. The van der Waals surface area contributed by atoms with Crippen LogP contribution in [-0.4, -0.2) is 39.9 Å². The van der Waals surface area contributed by atoms with Gasteiger partial charge in [0.25, 0.3) is 0 Å². The van der Waals surface area contributed by atoms with Crippen LogP contribution in [0.5, 0.6) is 0 Å². The van der Waals surface area contributed by atoms with Crippen molar-refractivity contribution in [2.45, 2.75) is 62.6 Å². The SMILES string of the molecule is O=C(NC1CCC(O)CC1)NC1(C(=O)O)CCC1. The van der Waals surface area contributed by atoms with E-state index in [4.69, 9.17) is 5.11 Å². The number of urea groups is 1. The van der Waals surface area contributed by atoms with E-state index in [9.17, 15) is 14.7 Å². The maximum absolute atomic E-state index is 11.8. The van der Waals surface area contributed by atoms with Crippen molar-refractivity contribution in [2.75, 3.05) is 0 Å². The Morgan fingerprint density at radius 3 is 2.17 bits per heavy atom. The zero-order chi connectivity index (χ0) is 13.2. The second kappa shape index (κ2) is 5.14. The molecule has 0 bridgehead atoms. The van der Waals surface area contributed by atoms with E-state index < -0.39 is 17.5 Å². The molecule has 6 heteroatoms. The molecular formula is C12H20N2O4. The van der Waals surface area contributed by atoms with E-state index in [-0.39, 0.29) is 12.1 Å². The van der Waals surface area contributed by atoms with Crippen LogP contribution >= 0.6 is 0 Å². The number of aliphatic hydroxyl groups is 1. The Labute approximate surface area is 106 Å². The maximum atomic E-state index is 11.8. The van der Waals surface area contributed by atoms with Gasteiger partial charge >= 0.3 is 12.0 Å². The molecule has 0 saturated heterocycles. The van der Waals surface area contributed by atoms with Crippen molar-refractivity contribution >= 4 is 12.0 Å². The minimum Gasteiger partial charge on any atom is -0.480 e.